The van der Waals surface area contributed by atoms with Crippen LogP contribution in [-0.4, -0.2) is 33.0 Å². The van der Waals surface area contributed by atoms with Gasteiger partial charge >= 0.3 is 0 Å². The van der Waals surface area contributed by atoms with Gasteiger partial charge in [-0.15, -0.1) is 10.2 Å². The van der Waals surface area contributed by atoms with Crippen molar-refractivity contribution in [2.45, 2.75) is 44.6 Å². The molecule has 7 heteroatoms. The summed E-state index contributed by atoms with van der Waals surface area (Å²) in [5.74, 6) is 0.624. The molecule has 28 heavy (non-hydrogen) atoms. The quantitative estimate of drug-likeness (QED) is 0.571. The van der Waals surface area contributed by atoms with Crippen LogP contribution in [0.1, 0.15) is 48.4 Å². The van der Waals surface area contributed by atoms with Gasteiger partial charge in [-0.1, -0.05) is 67.7 Å². The zero-order chi connectivity index (χ0) is 19.5. The summed E-state index contributed by atoms with van der Waals surface area (Å²) in [6, 6.07) is 10.5. The minimum absolute atomic E-state index is 0.137. The molecule has 2 heterocycles. The Morgan fingerprint density at radius 1 is 1.25 bits per heavy atom. The lowest BCUT2D eigenvalue weighted by molar-refractivity contribution is 0.720. The monoisotopic (exact) mass is 394 g/mol. The Hall–Kier alpha value is -2.51. The number of nitrogens with zero attached hydrogens (tertiary/aromatic N) is 3. The van der Waals surface area contributed by atoms with Crippen molar-refractivity contribution in [1.29, 1.82) is 0 Å². The second-order valence-corrected chi connectivity index (χ2v) is 8.53. The number of hydrogen-bond acceptors (Lipinski definition) is 6. The molecule has 0 radical (unpaired) electrons. The van der Waals surface area contributed by atoms with Crippen molar-refractivity contribution in [3.05, 3.63) is 57.2 Å². The largest absolute Gasteiger partial charge is 0.356 e. The molecule has 6 nitrogen and oxygen atoms in total. The Morgan fingerprint density at radius 2 is 2.07 bits per heavy atom. The van der Waals surface area contributed by atoms with E-state index in [0.29, 0.717) is 12.5 Å². The predicted molar refractivity (Wildman–Crippen MR) is 115 cm³/mol. The molecule has 0 saturated heterocycles. The van der Waals surface area contributed by atoms with Crippen LogP contribution >= 0.6 is 11.3 Å². The molecular weight excluding hydrogens is 368 g/mol. The average molecular weight is 395 g/mol. The molecule has 1 aliphatic carbocycles. The lowest BCUT2D eigenvalue weighted by Crippen LogP contribution is -2.30. The highest BCUT2D eigenvalue weighted by Crippen LogP contribution is 2.29. The third-order valence-corrected chi connectivity index (χ3v) is 6.03. The topological polar surface area (TPSA) is 92.5 Å². The lowest BCUT2D eigenvalue weighted by Gasteiger charge is -2.15. The highest BCUT2D eigenvalue weighted by molar-refractivity contribution is 7.15. The number of anilines is 1. The van der Waals surface area contributed by atoms with Crippen LogP contribution in [0.2, 0.25) is 0 Å². The number of rotatable bonds is 7. The van der Waals surface area contributed by atoms with Crippen molar-refractivity contribution in [3.63, 3.8) is 0 Å². The fourth-order valence-electron chi connectivity index (χ4n) is 3.55. The summed E-state index contributed by atoms with van der Waals surface area (Å²) in [6.45, 7) is 4.88. The Morgan fingerprint density at radius 3 is 2.82 bits per heavy atom. The van der Waals surface area contributed by atoms with Crippen LogP contribution < -0.4 is 21.6 Å². The van der Waals surface area contributed by atoms with Gasteiger partial charge < -0.3 is 11.1 Å². The predicted octanol–water partition coefficient (Wildman–Crippen LogP) is 2.12. The number of benzene rings is 1. The summed E-state index contributed by atoms with van der Waals surface area (Å²) in [7, 11) is 0. The van der Waals surface area contributed by atoms with E-state index in [1.807, 2.05) is 6.07 Å². The summed E-state index contributed by atoms with van der Waals surface area (Å²) < 4.78 is 0. The summed E-state index contributed by atoms with van der Waals surface area (Å²) in [5, 5.41) is 24.1. The van der Waals surface area contributed by atoms with E-state index in [9.17, 15) is 0 Å². The van der Waals surface area contributed by atoms with Gasteiger partial charge in [0.15, 0.2) is 0 Å². The fourth-order valence-corrected chi connectivity index (χ4v) is 4.45. The molecule has 1 aromatic carbocycles. The normalized spacial score (nSPS) is 16.9. The molecule has 1 unspecified atom stereocenters. The summed E-state index contributed by atoms with van der Waals surface area (Å²) in [6.07, 6.45) is 6.27. The van der Waals surface area contributed by atoms with Crippen molar-refractivity contribution >= 4 is 28.6 Å². The number of fused-ring (bicyclic) bond motifs is 1. The van der Waals surface area contributed by atoms with Crippen LogP contribution in [0, 0.1) is 0 Å². The zero-order valence-electron chi connectivity index (χ0n) is 16.2. The maximum Gasteiger partial charge on any atom is 0.205 e. The van der Waals surface area contributed by atoms with Gasteiger partial charge in [0, 0.05) is 23.7 Å². The molecule has 3 aromatic rings. The summed E-state index contributed by atoms with van der Waals surface area (Å²) >= 11 is 1.61. The molecule has 2 atom stereocenters. The second kappa shape index (κ2) is 8.24. The van der Waals surface area contributed by atoms with Gasteiger partial charge in [-0.2, -0.15) is 5.10 Å². The summed E-state index contributed by atoms with van der Waals surface area (Å²) in [4.78, 5) is 0. The van der Waals surface area contributed by atoms with Gasteiger partial charge in [-0.25, -0.2) is 0 Å². The van der Waals surface area contributed by atoms with E-state index in [0.717, 1.165) is 34.0 Å². The second-order valence-electron chi connectivity index (χ2n) is 7.52. The molecule has 4 rings (SSSR count). The molecule has 0 saturated carbocycles. The number of nitrogens with two attached hydrogens (primary N) is 1. The van der Waals surface area contributed by atoms with Crippen LogP contribution in [0.3, 0.4) is 0 Å². The molecule has 1 aliphatic rings. The molecule has 0 spiro atoms. The molecule has 0 aliphatic heterocycles. The van der Waals surface area contributed by atoms with Crippen molar-refractivity contribution in [2.75, 3.05) is 11.9 Å². The van der Waals surface area contributed by atoms with E-state index in [1.54, 1.807) is 11.3 Å². The van der Waals surface area contributed by atoms with Gasteiger partial charge in [-0.3, -0.25) is 5.10 Å². The minimum atomic E-state index is 0.137. The van der Waals surface area contributed by atoms with Gasteiger partial charge in [0.05, 0.1) is 11.0 Å². The Balaban J connectivity index is 1.50. The Labute approximate surface area is 168 Å². The van der Waals surface area contributed by atoms with Gasteiger partial charge in [0.2, 0.25) is 5.13 Å². The maximum atomic E-state index is 5.98. The molecule has 0 fully saturated rings. The standard InChI is InChI=1S/C21H26N6S/c1-13(2)19-17-11-15(8-9-18(17)24-25-19)20-26-27-21(28-20)23-16(12-22)10-14-6-4-3-5-7-14/h3-7,9,11,13,15-16,24H,8,10,12,22H2,1-2H3,(H,23,27)/t15?,16-/m0/s1. The minimum Gasteiger partial charge on any atom is -0.356 e. The van der Waals surface area contributed by atoms with Crippen LogP contribution in [0.4, 0.5) is 5.13 Å². The van der Waals surface area contributed by atoms with Crippen molar-refractivity contribution in [2.24, 2.45) is 5.73 Å². The first-order valence-corrected chi connectivity index (χ1v) is 10.6. The van der Waals surface area contributed by atoms with E-state index < -0.39 is 0 Å². The SMILES string of the molecule is CC(C)c1n[nH]c2c1=CC(c1nnc(N[C@H](CN)Cc3ccccc3)s1)CC=2. The first kappa shape index (κ1) is 18.8. The average Bonchev–Trinajstić information content (AvgIpc) is 3.34. The van der Waals surface area contributed by atoms with Gasteiger partial charge in [-0.05, 0) is 24.3 Å². The third kappa shape index (κ3) is 4.00. The summed E-state index contributed by atoms with van der Waals surface area (Å²) in [5.41, 5.74) is 8.36. The molecule has 0 amide bonds. The molecule has 2 aromatic heterocycles. The number of aromatic nitrogens is 4. The number of hydrogen-bond donors (Lipinski definition) is 3. The highest BCUT2D eigenvalue weighted by Gasteiger charge is 2.19. The fraction of sp³-hybridized carbons (Fsp3) is 0.381. The van der Waals surface area contributed by atoms with E-state index >= 15 is 0 Å². The van der Waals surface area contributed by atoms with Crippen molar-refractivity contribution in [1.82, 2.24) is 20.4 Å². The highest BCUT2D eigenvalue weighted by atomic mass is 32.1. The van der Waals surface area contributed by atoms with Crippen LogP contribution in [0.15, 0.2) is 30.3 Å². The smallest absolute Gasteiger partial charge is 0.205 e. The lowest BCUT2D eigenvalue weighted by atomic mass is 9.98. The van der Waals surface area contributed by atoms with E-state index in [2.05, 4.69) is 76.0 Å². The van der Waals surface area contributed by atoms with Crippen LogP contribution in [-0.2, 0) is 6.42 Å². The maximum absolute atomic E-state index is 5.98. The van der Waals surface area contributed by atoms with Gasteiger partial charge in [0.1, 0.15) is 5.01 Å². The van der Waals surface area contributed by atoms with E-state index in [4.69, 9.17) is 5.73 Å². The zero-order valence-corrected chi connectivity index (χ0v) is 17.0. The first-order chi connectivity index (χ1) is 13.6. The number of H-pyrrole nitrogens is 1. The van der Waals surface area contributed by atoms with E-state index in [-0.39, 0.29) is 12.0 Å². The number of aromatic amines is 1. The van der Waals surface area contributed by atoms with Crippen LogP contribution in [0.25, 0.3) is 12.2 Å². The molecule has 146 valence electrons. The Kier molecular flexibility index (Phi) is 5.54. The first-order valence-electron chi connectivity index (χ1n) is 9.74. The van der Waals surface area contributed by atoms with Crippen LogP contribution in [0.5, 0.6) is 0 Å². The molecular formula is C21H26N6S. The van der Waals surface area contributed by atoms with Gasteiger partial charge in [0.25, 0.3) is 0 Å². The Bertz CT molecular complexity index is 1040. The van der Waals surface area contributed by atoms with Crippen molar-refractivity contribution < 1.29 is 0 Å². The van der Waals surface area contributed by atoms with E-state index in [1.165, 1.54) is 10.8 Å². The molecule has 4 N–H and O–H groups in total. The van der Waals surface area contributed by atoms with Crippen molar-refractivity contribution in [3.8, 4) is 0 Å². The molecule has 0 bridgehead atoms. The number of nitrogens with one attached hydrogen (secondary N) is 2. The third-order valence-electron chi connectivity index (χ3n) is 5.05.